The number of halogens is 1. The molecule has 1 aromatic carbocycles. The van der Waals surface area contributed by atoms with Crippen molar-refractivity contribution >= 4 is 11.6 Å². The number of benzene rings is 1. The van der Waals surface area contributed by atoms with Gasteiger partial charge in [-0.25, -0.2) is 0 Å². The lowest BCUT2D eigenvalue weighted by Gasteiger charge is -2.06. The molecule has 1 aromatic heterocycles. The van der Waals surface area contributed by atoms with Crippen LogP contribution in [0.15, 0.2) is 30.3 Å². The first-order valence-electron chi connectivity index (χ1n) is 5.03. The zero-order valence-corrected chi connectivity index (χ0v) is 10.2. The van der Waals surface area contributed by atoms with Gasteiger partial charge in [0.2, 0.25) is 5.69 Å². The highest BCUT2D eigenvalue weighted by molar-refractivity contribution is 6.29. The van der Waals surface area contributed by atoms with Crippen LogP contribution in [0.4, 0.5) is 0 Å². The fraction of sp³-hybridized carbons (Fsp3) is 0.167. The molecule has 0 aliphatic carbocycles. The summed E-state index contributed by atoms with van der Waals surface area (Å²) in [6, 6.07) is 9.08. The van der Waals surface area contributed by atoms with E-state index in [1.807, 2.05) is 24.3 Å². The fourth-order valence-electron chi connectivity index (χ4n) is 1.58. The molecule has 0 spiro atoms. The molecule has 17 heavy (non-hydrogen) atoms. The zero-order valence-electron chi connectivity index (χ0n) is 9.48. The molecule has 0 unspecified atom stereocenters. The predicted octanol–water partition coefficient (Wildman–Crippen LogP) is 2.35. The minimum atomic E-state index is 0.177. The Balaban J connectivity index is 2.52. The lowest BCUT2D eigenvalue weighted by molar-refractivity contribution is -0.674. The van der Waals surface area contributed by atoms with Crippen LogP contribution in [0, 0.1) is 12.1 Å². The average Bonchev–Trinajstić information content (AvgIpc) is 2.34. The topological polar surface area (TPSA) is 49.1 Å². The third-order valence-corrected chi connectivity index (χ3v) is 2.71. The van der Waals surface area contributed by atoms with Crippen molar-refractivity contribution in [2.75, 3.05) is 7.11 Å². The molecule has 0 bridgehead atoms. The first-order valence-corrected chi connectivity index (χ1v) is 5.41. The molecular formula is C12H11ClN2O2. The molecule has 4 nitrogen and oxygen atoms in total. The van der Waals surface area contributed by atoms with E-state index in [9.17, 15) is 5.21 Å². The Hall–Kier alpha value is -1.81. The van der Waals surface area contributed by atoms with Crippen molar-refractivity contribution < 1.29 is 9.58 Å². The van der Waals surface area contributed by atoms with Gasteiger partial charge in [0.1, 0.15) is 5.75 Å². The van der Waals surface area contributed by atoms with Crippen LogP contribution in [0.25, 0.3) is 11.1 Å². The van der Waals surface area contributed by atoms with Crippen LogP contribution in [-0.4, -0.2) is 12.2 Å². The summed E-state index contributed by atoms with van der Waals surface area (Å²) >= 11 is 5.77. The maximum absolute atomic E-state index is 11.5. The van der Waals surface area contributed by atoms with E-state index in [-0.39, 0.29) is 5.15 Å². The van der Waals surface area contributed by atoms with Gasteiger partial charge in [-0.05, 0) is 23.8 Å². The van der Waals surface area contributed by atoms with E-state index in [0.717, 1.165) is 16.9 Å². The van der Waals surface area contributed by atoms with Gasteiger partial charge >= 0.3 is 0 Å². The second-order valence-corrected chi connectivity index (χ2v) is 3.95. The standard InChI is InChI=1S/C12H11ClN2O2/c1-8-11(7-12(13)14-15(8)16)9-3-5-10(17-2)6-4-9/h3-7H,1-2H3. The summed E-state index contributed by atoms with van der Waals surface area (Å²) in [4.78, 5) is 0.530. The van der Waals surface area contributed by atoms with Crippen molar-refractivity contribution in [2.45, 2.75) is 6.92 Å². The van der Waals surface area contributed by atoms with Crippen molar-refractivity contribution in [3.8, 4) is 16.9 Å². The summed E-state index contributed by atoms with van der Waals surface area (Å²) in [5.41, 5.74) is 2.18. The molecular weight excluding hydrogens is 240 g/mol. The normalized spacial score (nSPS) is 10.3. The lowest BCUT2D eigenvalue weighted by Crippen LogP contribution is -2.35. The highest BCUT2D eigenvalue weighted by Gasteiger charge is 2.13. The van der Waals surface area contributed by atoms with E-state index in [4.69, 9.17) is 16.3 Å². The monoisotopic (exact) mass is 250 g/mol. The van der Waals surface area contributed by atoms with Gasteiger partial charge in [-0.1, -0.05) is 28.6 Å². The van der Waals surface area contributed by atoms with Gasteiger partial charge in [-0.2, -0.15) is 0 Å². The minimum absolute atomic E-state index is 0.177. The predicted molar refractivity (Wildman–Crippen MR) is 64.9 cm³/mol. The van der Waals surface area contributed by atoms with E-state index in [0.29, 0.717) is 10.5 Å². The number of hydrogen-bond donors (Lipinski definition) is 0. The number of rotatable bonds is 2. The lowest BCUT2D eigenvalue weighted by atomic mass is 10.1. The van der Waals surface area contributed by atoms with Gasteiger partial charge in [0, 0.05) is 12.0 Å². The summed E-state index contributed by atoms with van der Waals surface area (Å²) in [6.07, 6.45) is 0. The Bertz CT molecular complexity index is 541. The highest BCUT2D eigenvalue weighted by atomic mass is 35.5. The van der Waals surface area contributed by atoms with E-state index in [1.54, 1.807) is 20.1 Å². The van der Waals surface area contributed by atoms with E-state index < -0.39 is 0 Å². The molecule has 0 amide bonds. The summed E-state index contributed by atoms with van der Waals surface area (Å²) in [5, 5.41) is 15.2. The Morgan fingerprint density at radius 3 is 2.53 bits per heavy atom. The molecule has 1 heterocycles. The molecule has 0 aliphatic heterocycles. The molecule has 88 valence electrons. The Labute approximate surface area is 104 Å². The van der Waals surface area contributed by atoms with Gasteiger partial charge in [0.15, 0.2) is 5.15 Å². The smallest absolute Gasteiger partial charge is 0.226 e. The number of aromatic nitrogens is 2. The number of hydrogen-bond acceptors (Lipinski definition) is 3. The van der Waals surface area contributed by atoms with E-state index in [2.05, 4.69) is 5.10 Å². The van der Waals surface area contributed by atoms with Gasteiger partial charge < -0.3 is 9.94 Å². The third-order valence-electron chi connectivity index (χ3n) is 2.53. The zero-order chi connectivity index (χ0) is 12.4. The second-order valence-electron chi connectivity index (χ2n) is 3.57. The number of ether oxygens (including phenoxy) is 1. The van der Waals surface area contributed by atoms with Crippen molar-refractivity contribution in [2.24, 2.45) is 0 Å². The van der Waals surface area contributed by atoms with Crippen molar-refractivity contribution in [3.63, 3.8) is 0 Å². The van der Waals surface area contributed by atoms with E-state index in [1.165, 1.54) is 0 Å². The minimum Gasteiger partial charge on any atom is -0.594 e. The largest absolute Gasteiger partial charge is 0.594 e. The van der Waals surface area contributed by atoms with Crippen molar-refractivity contribution in [1.29, 1.82) is 0 Å². The fourth-order valence-corrected chi connectivity index (χ4v) is 1.76. The van der Waals surface area contributed by atoms with Gasteiger partial charge in [-0.3, -0.25) is 0 Å². The molecule has 2 rings (SSSR count). The van der Waals surface area contributed by atoms with Crippen LogP contribution in [0.5, 0.6) is 5.75 Å². The molecule has 0 aliphatic rings. The first-order chi connectivity index (χ1) is 8.11. The Morgan fingerprint density at radius 2 is 1.94 bits per heavy atom. The van der Waals surface area contributed by atoms with Crippen LogP contribution >= 0.6 is 11.6 Å². The summed E-state index contributed by atoms with van der Waals surface area (Å²) in [5.74, 6) is 0.765. The third kappa shape index (κ3) is 2.31. The summed E-state index contributed by atoms with van der Waals surface area (Å²) in [6.45, 7) is 1.70. The van der Waals surface area contributed by atoms with Gasteiger partial charge in [-0.15, -0.1) is 0 Å². The van der Waals surface area contributed by atoms with Crippen LogP contribution in [0.1, 0.15) is 5.69 Å². The Kier molecular flexibility index (Phi) is 3.15. The van der Waals surface area contributed by atoms with Gasteiger partial charge in [0.25, 0.3) is 0 Å². The molecule has 0 fully saturated rings. The molecule has 2 aromatic rings. The molecule has 0 radical (unpaired) electrons. The molecule has 0 atom stereocenters. The molecule has 0 N–H and O–H groups in total. The number of methoxy groups -OCH3 is 1. The van der Waals surface area contributed by atoms with E-state index >= 15 is 0 Å². The first kappa shape index (κ1) is 11.7. The molecule has 0 saturated heterocycles. The summed E-state index contributed by atoms with van der Waals surface area (Å²) in [7, 11) is 1.61. The SMILES string of the molecule is COc1ccc(-c2cc(Cl)n[n+]([O-])c2C)cc1. The van der Waals surface area contributed by atoms with Crippen LogP contribution < -0.4 is 9.58 Å². The van der Waals surface area contributed by atoms with Crippen LogP contribution in [-0.2, 0) is 0 Å². The second kappa shape index (κ2) is 4.59. The van der Waals surface area contributed by atoms with Crippen LogP contribution in [0.2, 0.25) is 5.15 Å². The van der Waals surface area contributed by atoms with Crippen molar-refractivity contribution in [3.05, 3.63) is 46.4 Å². The highest BCUT2D eigenvalue weighted by Crippen LogP contribution is 2.25. The maximum Gasteiger partial charge on any atom is 0.226 e. The Morgan fingerprint density at radius 1 is 1.29 bits per heavy atom. The molecule has 5 heteroatoms. The maximum atomic E-state index is 11.5. The average molecular weight is 251 g/mol. The van der Waals surface area contributed by atoms with Crippen molar-refractivity contribution in [1.82, 2.24) is 5.10 Å². The quantitative estimate of drug-likeness (QED) is 0.607. The molecule has 0 saturated carbocycles. The number of nitrogens with zero attached hydrogens (tertiary/aromatic N) is 2. The summed E-state index contributed by atoms with van der Waals surface area (Å²) < 4.78 is 5.08. The van der Waals surface area contributed by atoms with Gasteiger partial charge in [0.05, 0.1) is 12.7 Å². The van der Waals surface area contributed by atoms with Crippen LogP contribution in [0.3, 0.4) is 0 Å².